The van der Waals surface area contributed by atoms with Crippen molar-refractivity contribution < 1.29 is 4.52 Å². The Kier molecular flexibility index (Phi) is 6.36. The van der Waals surface area contributed by atoms with Gasteiger partial charge in [-0.1, -0.05) is 30.5 Å². The molecule has 0 radical (unpaired) electrons. The Bertz CT molecular complexity index is 663. The fourth-order valence-corrected chi connectivity index (χ4v) is 2.98. The van der Waals surface area contributed by atoms with Crippen LogP contribution >= 0.6 is 0 Å². The molecule has 1 aliphatic rings. The molecular weight excluding hydrogens is 316 g/mol. The van der Waals surface area contributed by atoms with Gasteiger partial charge in [-0.05, 0) is 31.9 Å². The highest BCUT2D eigenvalue weighted by atomic mass is 16.5. The van der Waals surface area contributed by atoms with Crippen LogP contribution in [-0.2, 0) is 6.42 Å². The predicted molar refractivity (Wildman–Crippen MR) is 97.2 cm³/mol. The van der Waals surface area contributed by atoms with Crippen LogP contribution in [0.15, 0.2) is 33.9 Å². The van der Waals surface area contributed by atoms with Gasteiger partial charge in [-0.15, -0.1) is 0 Å². The molecular formula is C18H26N6O. The molecule has 134 valence electrons. The third-order valence-electron chi connectivity index (χ3n) is 4.25. The maximum absolute atomic E-state index is 5.27. The molecule has 2 N–H and O–H groups in total. The first kappa shape index (κ1) is 17.4. The highest BCUT2D eigenvalue weighted by Gasteiger charge is 2.14. The molecule has 25 heavy (non-hydrogen) atoms. The summed E-state index contributed by atoms with van der Waals surface area (Å²) in [5.41, 5.74) is 0.692. The number of pyridine rings is 1. The predicted octanol–water partition coefficient (Wildman–Crippen LogP) is 2.56. The first-order valence-electron chi connectivity index (χ1n) is 9.14. The van der Waals surface area contributed by atoms with Gasteiger partial charge in [0.05, 0.1) is 0 Å². The molecule has 2 aromatic rings. The average Bonchev–Trinajstić information content (AvgIpc) is 3.12. The molecule has 7 nitrogen and oxygen atoms in total. The first-order chi connectivity index (χ1) is 12.3. The molecule has 7 heteroatoms. The highest BCUT2D eigenvalue weighted by Crippen LogP contribution is 2.17. The van der Waals surface area contributed by atoms with Crippen LogP contribution in [-0.4, -0.2) is 40.2 Å². The van der Waals surface area contributed by atoms with E-state index in [-0.39, 0.29) is 0 Å². The van der Waals surface area contributed by atoms with E-state index in [2.05, 4.69) is 37.7 Å². The van der Waals surface area contributed by atoms with E-state index in [1.165, 1.54) is 32.1 Å². The van der Waals surface area contributed by atoms with Crippen molar-refractivity contribution in [3.8, 4) is 11.6 Å². The molecule has 1 saturated carbocycles. The van der Waals surface area contributed by atoms with Gasteiger partial charge in [0.25, 0.3) is 5.89 Å². The number of nitrogens with zero attached hydrogens (tertiary/aromatic N) is 4. The molecule has 0 spiro atoms. The minimum Gasteiger partial charge on any atom is -0.357 e. The van der Waals surface area contributed by atoms with E-state index in [1.807, 2.05) is 18.2 Å². The molecule has 1 aliphatic carbocycles. The summed E-state index contributed by atoms with van der Waals surface area (Å²) in [6.07, 6.45) is 8.75. The maximum Gasteiger partial charge on any atom is 0.276 e. The summed E-state index contributed by atoms with van der Waals surface area (Å²) in [4.78, 5) is 13.2. The molecule has 0 atom stereocenters. The van der Waals surface area contributed by atoms with Gasteiger partial charge in [-0.3, -0.25) is 9.98 Å². The molecule has 0 aromatic carbocycles. The SMILES string of the molecule is CCNC(=NCCc1noc(-c2ccccn2)n1)NC1CCCCC1. The smallest absolute Gasteiger partial charge is 0.276 e. The van der Waals surface area contributed by atoms with E-state index < -0.39 is 0 Å². The Morgan fingerprint density at radius 3 is 2.92 bits per heavy atom. The Labute approximate surface area is 148 Å². The summed E-state index contributed by atoms with van der Waals surface area (Å²) < 4.78 is 5.27. The lowest BCUT2D eigenvalue weighted by Gasteiger charge is -2.24. The maximum atomic E-state index is 5.27. The Balaban J connectivity index is 1.53. The summed E-state index contributed by atoms with van der Waals surface area (Å²) in [7, 11) is 0. The van der Waals surface area contributed by atoms with Gasteiger partial charge in [0, 0.05) is 31.7 Å². The third-order valence-corrected chi connectivity index (χ3v) is 4.25. The topological polar surface area (TPSA) is 88.2 Å². The second-order valence-electron chi connectivity index (χ2n) is 6.22. The van der Waals surface area contributed by atoms with Gasteiger partial charge in [-0.25, -0.2) is 0 Å². The van der Waals surface area contributed by atoms with Crippen molar-refractivity contribution in [1.82, 2.24) is 25.8 Å². The molecule has 2 aromatic heterocycles. The van der Waals surface area contributed by atoms with Gasteiger partial charge in [0.1, 0.15) is 5.69 Å². The monoisotopic (exact) mass is 342 g/mol. The quantitative estimate of drug-likeness (QED) is 0.619. The number of guanidine groups is 1. The Morgan fingerprint density at radius 1 is 1.28 bits per heavy atom. The number of hydrogen-bond donors (Lipinski definition) is 2. The standard InChI is InChI=1S/C18H26N6O/c1-2-19-18(22-14-8-4-3-5-9-14)21-13-11-16-23-17(25-24-16)15-10-6-7-12-20-15/h6-7,10,12,14H,2-5,8-9,11,13H2,1H3,(H2,19,21,22). The summed E-state index contributed by atoms with van der Waals surface area (Å²) in [6, 6.07) is 6.15. The van der Waals surface area contributed by atoms with Crippen molar-refractivity contribution >= 4 is 5.96 Å². The number of aliphatic imine (C=N–C) groups is 1. The van der Waals surface area contributed by atoms with Crippen LogP contribution in [0.4, 0.5) is 0 Å². The normalized spacial score (nSPS) is 16.0. The molecule has 3 rings (SSSR count). The summed E-state index contributed by atoms with van der Waals surface area (Å²) in [6.45, 7) is 3.55. The molecule has 0 amide bonds. The molecule has 1 fully saturated rings. The van der Waals surface area contributed by atoms with E-state index >= 15 is 0 Å². The van der Waals surface area contributed by atoms with Crippen molar-refractivity contribution in [2.45, 2.75) is 51.5 Å². The lowest BCUT2D eigenvalue weighted by atomic mass is 9.96. The average molecular weight is 342 g/mol. The van der Waals surface area contributed by atoms with Crippen LogP contribution in [0, 0.1) is 0 Å². The van der Waals surface area contributed by atoms with Gasteiger partial charge in [0.2, 0.25) is 0 Å². The lowest BCUT2D eigenvalue weighted by molar-refractivity contribution is 0.410. The van der Waals surface area contributed by atoms with Gasteiger partial charge >= 0.3 is 0 Å². The van der Waals surface area contributed by atoms with E-state index in [4.69, 9.17) is 4.52 Å². The number of nitrogens with one attached hydrogen (secondary N) is 2. The first-order valence-corrected chi connectivity index (χ1v) is 9.14. The molecule has 0 bridgehead atoms. The van der Waals surface area contributed by atoms with Crippen molar-refractivity contribution in [1.29, 1.82) is 0 Å². The van der Waals surface area contributed by atoms with Crippen molar-refractivity contribution in [3.05, 3.63) is 30.2 Å². The van der Waals surface area contributed by atoms with Crippen LogP contribution in [0.1, 0.15) is 44.9 Å². The van der Waals surface area contributed by atoms with Crippen molar-refractivity contribution in [2.75, 3.05) is 13.1 Å². The zero-order valence-corrected chi connectivity index (χ0v) is 14.7. The van der Waals surface area contributed by atoms with Crippen LogP contribution in [0.2, 0.25) is 0 Å². The highest BCUT2D eigenvalue weighted by molar-refractivity contribution is 5.80. The molecule has 0 unspecified atom stereocenters. The lowest BCUT2D eigenvalue weighted by Crippen LogP contribution is -2.44. The summed E-state index contributed by atoms with van der Waals surface area (Å²) in [5, 5.41) is 10.9. The minimum atomic E-state index is 0.451. The fraction of sp³-hybridized carbons (Fsp3) is 0.556. The number of hydrogen-bond acceptors (Lipinski definition) is 5. The molecule has 0 saturated heterocycles. The summed E-state index contributed by atoms with van der Waals surface area (Å²) >= 11 is 0. The number of rotatable bonds is 6. The zero-order chi connectivity index (χ0) is 17.3. The van der Waals surface area contributed by atoms with Gasteiger partial charge in [-0.2, -0.15) is 4.98 Å². The summed E-state index contributed by atoms with van der Waals surface area (Å²) in [5.74, 6) is 1.98. The second kappa shape index (κ2) is 9.15. The second-order valence-corrected chi connectivity index (χ2v) is 6.22. The Hall–Kier alpha value is -2.44. The van der Waals surface area contributed by atoms with Gasteiger partial charge < -0.3 is 15.2 Å². The van der Waals surface area contributed by atoms with E-state index in [0.29, 0.717) is 36.4 Å². The minimum absolute atomic E-state index is 0.451. The molecule has 0 aliphatic heterocycles. The van der Waals surface area contributed by atoms with E-state index in [9.17, 15) is 0 Å². The number of aromatic nitrogens is 3. The van der Waals surface area contributed by atoms with Crippen LogP contribution in [0.25, 0.3) is 11.6 Å². The van der Waals surface area contributed by atoms with Crippen molar-refractivity contribution in [3.63, 3.8) is 0 Å². The third kappa shape index (κ3) is 5.27. The van der Waals surface area contributed by atoms with E-state index in [0.717, 1.165) is 12.5 Å². The van der Waals surface area contributed by atoms with Crippen LogP contribution in [0.3, 0.4) is 0 Å². The largest absolute Gasteiger partial charge is 0.357 e. The van der Waals surface area contributed by atoms with Gasteiger partial charge in [0.15, 0.2) is 11.8 Å². The molecule has 2 heterocycles. The van der Waals surface area contributed by atoms with Crippen molar-refractivity contribution in [2.24, 2.45) is 4.99 Å². The fourth-order valence-electron chi connectivity index (χ4n) is 2.98. The zero-order valence-electron chi connectivity index (χ0n) is 14.7. The Morgan fingerprint density at radius 2 is 2.16 bits per heavy atom. The van der Waals surface area contributed by atoms with Crippen LogP contribution in [0.5, 0.6) is 0 Å². The van der Waals surface area contributed by atoms with E-state index in [1.54, 1.807) is 6.20 Å². The van der Waals surface area contributed by atoms with Crippen LogP contribution < -0.4 is 10.6 Å².